The summed E-state index contributed by atoms with van der Waals surface area (Å²) in [6, 6.07) is 13.6. The largest absolute Gasteiger partial charge is 0.326 e. The number of anilines is 2. The Kier molecular flexibility index (Phi) is 8.65. The molecular formula is C26H31N5O2S. The summed E-state index contributed by atoms with van der Waals surface area (Å²) in [4.78, 5) is 25.2. The van der Waals surface area contributed by atoms with Crippen LogP contribution < -0.4 is 10.6 Å². The second kappa shape index (κ2) is 11.7. The maximum Gasteiger partial charge on any atom is 0.234 e. The molecule has 2 amide bonds. The summed E-state index contributed by atoms with van der Waals surface area (Å²) in [7, 11) is 0. The van der Waals surface area contributed by atoms with Crippen molar-refractivity contribution in [2.24, 2.45) is 0 Å². The fourth-order valence-electron chi connectivity index (χ4n) is 3.47. The van der Waals surface area contributed by atoms with Crippen LogP contribution in [0.1, 0.15) is 42.3 Å². The summed E-state index contributed by atoms with van der Waals surface area (Å²) < 4.78 is 1.81. The van der Waals surface area contributed by atoms with Crippen LogP contribution in [-0.2, 0) is 22.6 Å². The van der Waals surface area contributed by atoms with Crippen molar-refractivity contribution in [2.75, 3.05) is 16.4 Å². The van der Waals surface area contributed by atoms with Gasteiger partial charge in [0.2, 0.25) is 11.8 Å². The van der Waals surface area contributed by atoms with Crippen LogP contribution in [0.2, 0.25) is 0 Å². The average Bonchev–Trinajstić information content (AvgIpc) is 3.16. The highest BCUT2D eigenvalue weighted by molar-refractivity contribution is 7.99. The van der Waals surface area contributed by atoms with Gasteiger partial charge in [-0.05, 0) is 54.7 Å². The summed E-state index contributed by atoms with van der Waals surface area (Å²) in [5, 5.41) is 14.9. The third-order valence-corrected chi connectivity index (χ3v) is 6.37. The van der Waals surface area contributed by atoms with E-state index in [1.165, 1.54) is 17.3 Å². The van der Waals surface area contributed by atoms with E-state index in [1.807, 2.05) is 60.9 Å². The Morgan fingerprint density at radius 1 is 1.06 bits per heavy atom. The van der Waals surface area contributed by atoms with Crippen molar-refractivity contribution < 1.29 is 9.59 Å². The lowest BCUT2D eigenvalue weighted by atomic mass is 10.0. The monoisotopic (exact) mass is 477 g/mol. The lowest BCUT2D eigenvalue weighted by Gasteiger charge is -2.13. The van der Waals surface area contributed by atoms with E-state index >= 15 is 0 Å². The molecular weight excluding hydrogens is 446 g/mol. The fourth-order valence-corrected chi connectivity index (χ4v) is 4.23. The number of aryl methyl sites for hydroxylation is 2. The maximum absolute atomic E-state index is 12.6. The molecule has 8 heteroatoms. The van der Waals surface area contributed by atoms with Crippen LogP contribution in [0.15, 0.2) is 60.3 Å². The first-order valence-electron chi connectivity index (χ1n) is 11.2. The van der Waals surface area contributed by atoms with Crippen LogP contribution in [0.5, 0.6) is 0 Å². The number of carbonyl (C=O) groups is 2. The van der Waals surface area contributed by atoms with E-state index in [4.69, 9.17) is 0 Å². The van der Waals surface area contributed by atoms with Crippen molar-refractivity contribution >= 4 is 35.0 Å². The van der Waals surface area contributed by atoms with Crippen molar-refractivity contribution in [2.45, 2.75) is 51.7 Å². The minimum absolute atomic E-state index is 0.0717. The molecule has 0 radical (unpaired) electrons. The molecule has 0 saturated heterocycles. The van der Waals surface area contributed by atoms with Gasteiger partial charge in [0.05, 0.1) is 12.2 Å². The summed E-state index contributed by atoms with van der Waals surface area (Å²) in [5.74, 6) is 0.698. The molecule has 3 aromatic rings. The van der Waals surface area contributed by atoms with Gasteiger partial charge in [0, 0.05) is 17.9 Å². The van der Waals surface area contributed by atoms with E-state index in [2.05, 4.69) is 41.3 Å². The molecule has 1 heterocycles. The molecule has 0 saturated carbocycles. The topological polar surface area (TPSA) is 88.9 Å². The van der Waals surface area contributed by atoms with Crippen LogP contribution in [0.3, 0.4) is 0 Å². The van der Waals surface area contributed by atoms with E-state index in [0.29, 0.717) is 23.4 Å². The zero-order valence-electron chi connectivity index (χ0n) is 20.1. The van der Waals surface area contributed by atoms with Gasteiger partial charge in [0.15, 0.2) is 5.16 Å². The van der Waals surface area contributed by atoms with Crippen LogP contribution in [0, 0.1) is 13.8 Å². The normalized spacial score (nSPS) is 10.9. The molecule has 0 fully saturated rings. The number of allylic oxidation sites excluding steroid dienone is 1. The molecule has 7 nitrogen and oxygen atoms in total. The number of aromatic nitrogens is 3. The maximum atomic E-state index is 12.6. The van der Waals surface area contributed by atoms with Crippen LogP contribution in [0.25, 0.3) is 0 Å². The second-order valence-corrected chi connectivity index (χ2v) is 9.34. The van der Waals surface area contributed by atoms with E-state index < -0.39 is 0 Å². The summed E-state index contributed by atoms with van der Waals surface area (Å²) >= 11 is 1.28. The molecule has 0 aliphatic heterocycles. The molecule has 1 aromatic heterocycles. The average molecular weight is 478 g/mol. The number of amides is 2. The van der Waals surface area contributed by atoms with E-state index in [0.717, 1.165) is 22.5 Å². The SMILES string of the molecule is C=CCn1c(CC(=O)Nc2ccc(C)c(C)c2)nnc1SCC(=O)Nc1ccccc1C(C)C. The highest BCUT2D eigenvalue weighted by Crippen LogP contribution is 2.24. The third-order valence-electron chi connectivity index (χ3n) is 5.40. The highest BCUT2D eigenvalue weighted by atomic mass is 32.2. The zero-order valence-corrected chi connectivity index (χ0v) is 20.9. The lowest BCUT2D eigenvalue weighted by molar-refractivity contribution is -0.116. The van der Waals surface area contributed by atoms with E-state index in [-0.39, 0.29) is 24.0 Å². The van der Waals surface area contributed by atoms with Crippen LogP contribution in [-0.4, -0.2) is 32.3 Å². The van der Waals surface area contributed by atoms with Crippen LogP contribution in [0.4, 0.5) is 11.4 Å². The first-order valence-corrected chi connectivity index (χ1v) is 12.2. The Hall–Kier alpha value is -3.39. The van der Waals surface area contributed by atoms with Crippen LogP contribution >= 0.6 is 11.8 Å². The molecule has 0 aliphatic carbocycles. The molecule has 34 heavy (non-hydrogen) atoms. The number of nitrogens with one attached hydrogen (secondary N) is 2. The number of hydrogen-bond acceptors (Lipinski definition) is 5. The van der Waals surface area contributed by atoms with Crippen molar-refractivity contribution in [3.8, 4) is 0 Å². The summed E-state index contributed by atoms with van der Waals surface area (Å²) in [5.41, 5.74) is 4.94. The molecule has 178 valence electrons. The molecule has 0 bridgehead atoms. The number of rotatable bonds is 10. The van der Waals surface area contributed by atoms with Gasteiger partial charge in [-0.15, -0.1) is 16.8 Å². The van der Waals surface area contributed by atoms with Gasteiger partial charge in [-0.25, -0.2) is 0 Å². The quantitative estimate of drug-likeness (QED) is 0.313. The van der Waals surface area contributed by atoms with Gasteiger partial charge in [0.1, 0.15) is 5.82 Å². The minimum atomic E-state index is -0.180. The zero-order chi connectivity index (χ0) is 24.7. The summed E-state index contributed by atoms with van der Waals surface area (Å²) in [6.45, 7) is 12.5. The smallest absolute Gasteiger partial charge is 0.234 e. The van der Waals surface area contributed by atoms with Crippen molar-refractivity contribution in [1.29, 1.82) is 0 Å². The van der Waals surface area contributed by atoms with Crippen molar-refractivity contribution in [3.05, 3.63) is 77.6 Å². The van der Waals surface area contributed by atoms with Gasteiger partial charge < -0.3 is 15.2 Å². The number of thioether (sulfide) groups is 1. The van der Waals surface area contributed by atoms with Gasteiger partial charge in [-0.3, -0.25) is 9.59 Å². The number of hydrogen-bond donors (Lipinski definition) is 2. The van der Waals surface area contributed by atoms with Gasteiger partial charge in [-0.2, -0.15) is 0 Å². The Morgan fingerprint density at radius 2 is 1.82 bits per heavy atom. The molecule has 3 rings (SSSR count). The number of nitrogens with zero attached hydrogens (tertiary/aromatic N) is 3. The molecule has 0 unspecified atom stereocenters. The Bertz CT molecular complexity index is 1190. The van der Waals surface area contributed by atoms with Crippen molar-refractivity contribution in [3.63, 3.8) is 0 Å². The highest BCUT2D eigenvalue weighted by Gasteiger charge is 2.17. The number of carbonyl (C=O) groups excluding carboxylic acids is 2. The molecule has 2 N–H and O–H groups in total. The standard InChI is InChI=1S/C26H31N5O2S/c1-6-13-31-23(15-24(32)27-20-12-11-18(4)19(5)14-20)29-30-26(31)34-16-25(33)28-22-10-8-7-9-21(22)17(2)3/h6-12,14,17H,1,13,15-16H2,2-5H3,(H,27,32)(H,28,33). The van der Waals surface area contributed by atoms with Gasteiger partial charge in [-0.1, -0.05) is 56.0 Å². The third kappa shape index (κ3) is 6.57. The fraction of sp³-hybridized carbons (Fsp3) is 0.308. The predicted molar refractivity (Wildman–Crippen MR) is 138 cm³/mol. The molecule has 0 aliphatic rings. The number of para-hydroxylation sites is 1. The lowest BCUT2D eigenvalue weighted by Crippen LogP contribution is -2.18. The molecule has 2 aromatic carbocycles. The molecule has 0 atom stereocenters. The Morgan fingerprint density at radius 3 is 2.53 bits per heavy atom. The van der Waals surface area contributed by atoms with E-state index in [1.54, 1.807) is 6.08 Å². The van der Waals surface area contributed by atoms with E-state index in [9.17, 15) is 9.59 Å². The van der Waals surface area contributed by atoms with Gasteiger partial charge >= 0.3 is 0 Å². The van der Waals surface area contributed by atoms with Crippen molar-refractivity contribution in [1.82, 2.24) is 14.8 Å². The predicted octanol–water partition coefficient (Wildman–Crippen LogP) is 5.12. The first kappa shape index (κ1) is 25.2. The second-order valence-electron chi connectivity index (χ2n) is 8.40. The van der Waals surface area contributed by atoms with Gasteiger partial charge in [0.25, 0.3) is 0 Å². The first-order chi connectivity index (χ1) is 16.3. The number of benzene rings is 2. The Labute approximate surface area is 205 Å². The Balaban J connectivity index is 1.64. The summed E-state index contributed by atoms with van der Waals surface area (Å²) in [6.07, 6.45) is 1.79. The minimum Gasteiger partial charge on any atom is -0.326 e. The molecule has 0 spiro atoms.